The van der Waals surface area contributed by atoms with Crippen LogP contribution in [-0.4, -0.2) is 76.7 Å². The number of hydrogen-bond acceptors (Lipinski definition) is 6. The van der Waals surface area contributed by atoms with Crippen molar-refractivity contribution in [3.8, 4) is 0 Å². The fraction of sp³-hybridized carbons (Fsp3) is 0.782. The fourth-order valence-electron chi connectivity index (χ4n) is 18.0. The number of ketones is 1. The van der Waals surface area contributed by atoms with Gasteiger partial charge < -0.3 is 19.6 Å². The Morgan fingerprint density at radius 1 is 0.800 bits per heavy atom. The predicted molar refractivity (Wildman–Crippen MR) is 246 cm³/mol. The van der Waals surface area contributed by atoms with E-state index in [-0.39, 0.29) is 89.0 Å². The number of carbonyl (C=O) groups excluding carboxylic acids is 3. The number of ether oxygens (including phenoxy) is 1. The predicted octanol–water partition coefficient (Wildman–Crippen LogP) is 11.2. The number of amides is 1. The second-order valence-electron chi connectivity index (χ2n) is 25.0. The van der Waals surface area contributed by atoms with Crippen LogP contribution < -0.4 is 0 Å². The Morgan fingerprint density at radius 3 is 2.12 bits per heavy atom. The number of Topliss-reactive ketones (excluding diaryl/α,β-unsaturated/α-hetero) is 1. The van der Waals surface area contributed by atoms with Gasteiger partial charge in [0.1, 0.15) is 6.61 Å². The number of carboxylic acids is 1. The van der Waals surface area contributed by atoms with Crippen LogP contribution in [0.3, 0.4) is 0 Å². The topological polar surface area (TPSA) is 104 Å². The number of benzene rings is 1. The van der Waals surface area contributed by atoms with Crippen LogP contribution in [0.2, 0.25) is 0 Å². The molecule has 2 saturated heterocycles. The number of alkyl halides is 2. The molecule has 2 aliphatic heterocycles. The molecule has 8 aliphatic rings. The highest BCUT2D eigenvalue weighted by molar-refractivity contribution is 6.07. The molecule has 1 aromatic rings. The minimum absolute atomic E-state index is 0.0106. The van der Waals surface area contributed by atoms with Gasteiger partial charge in [0.15, 0.2) is 5.78 Å². The van der Waals surface area contributed by atoms with E-state index in [1.165, 1.54) is 0 Å². The number of allylic oxidation sites excluding steroid dienone is 1. The largest absolute Gasteiger partial charge is 0.481 e. The average molecular weight is 901 g/mol. The zero-order valence-corrected chi connectivity index (χ0v) is 41.0. The maximum atomic E-state index is 15.4. The molecular weight excluding hydrogens is 823 g/mol. The zero-order chi connectivity index (χ0) is 46.9. The summed E-state index contributed by atoms with van der Waals surface area (Å²) >= 11 is 0. The van der Waals surface area contributed by atoms with Crippen molar-refractivity contribution in [3.05, 3.63) is 47.0 Å². The summed E-state index contributed by atoms with van der Waals surface area (Å²) < 4.78 is 34.1. The van der Waals surface area contributed by atoms with Gasteiger partial charge >= 0.3 is 11.9 Å². The van der Waals surface area contributed by atoms with Crippen molar-refractivity contribution >= 4 is 23.6 Å². The molecule has 0 radical (unpaired) electrons. The molecule has 1 amide bonds. The lowest BCUT2D eigenvalue weighted by Gasteiger charge is -2.74. The molecule has 0 bridgehead atoms. The fourth-order valence-corrected chi connectivity index (χ4v) is 18.0. The molecule has 5 saturated carbocycles. The van der Waals surface area contributed by atoms with Crippen LogP contribution >= 0.6 is 0 Å². The molecule has 9 rings (SSSR count). The highest BCUT2D eigenvalue weighted by Gasteiger charge is 2.76. The van der Waals surface area contributed by atoms with Crippen LogP contribution in [0.4, 0.5) is 8.78 Å². The molecule has 6 aliphatic carbocycles. The molecular formula is C55H78F2N2O6. The van der Waals surface area contributed by atoms with Gasteiger partial charge in [0.2, 0.25) is 5.91 Å². The summed E-state index contributed by atoms with van der Waals surface area (Å²) in [6.07, 6.45) is 9.25. The smallest absolute Gasteiger partial charge is 0.310 e. The molecule has 65 heavy (non-hydrogen) atoms. The van der Waals surface area contributed by atoms with Gasteiger partial charge in [-0.25, -0.2) is 8.78 Å². The normalized spacial score (nSPS) is 41.8. The summed E-state index contributed by atoms with van der Waals surface area (Å²) in [4.78, 5) is 61.6. The Kier molecular flexibility index (Phi) is 11.3. The summed E-state index contributed by atoms with van der Waals surface area (Å²) in [6.45, 7) is 22.6. The Labute approximate surface area is 387 Å². The molecule has 1 unspecified atom stereocenters. The molecule has 1 N–H and O–H groups in total. The van der Waals surface area contributed by atoms with Gasteiger partial charge in [-0.1, -0.05) is 92.6 Å². The molecule has 358 valence electrons. The van der Waals surface area contributed by atoms with E-state index in [0.29, 0.717) is 50.9 Å². The first-order chi connectivity index (χ1) is 30.4. The van der Waals surface area contributed by atoms with Crippen molar-refractivity contribution in [1.82, 2.24) is 9.80 Å². The van der Waals surface area contributed by atoms with Crippen molar-refractivity contribution in [2.24, 2.45) is 73.4 Å². The van der Waals surface area contributed by atoms with Gasteiger partial charge in [-0.2, -0.15) is 0 Å². The molecule has 7 fully saturated rings. The van der Waals surface area contributed by atoms with Crippen LogP contribution in [0.1, 0.15) is 158 Å². The second kappa shape index (κ2) is 15.7. The van der Waals surface area contributed by atoms with Gasteiger partial charge in [0.05, 0.1) is 16.7 Å². The first kappa shape index (κ1) is 46.9. The SMILES string of the molecule is CC(C)C1=C2[C@H]3CC[C@@H]4[C@]5(C)CC[C@H]([C@@]6(C(=O)O)C[C@@H](C(=O)OCc7ccccc7)C6(C)C)C(C)(C)[C@H]5CC[C@@]4(C)[C@]3(C)CC[C@@]2(C(=O)N2CCCC2CN2CCC(F)(F)CC2)CC1=O. The highest BCUT2D eigenvalue weighted by Crippen LogP contribution is 2.79. The van der Waals surface area contributed by atoms with E-state index in [0.717, 1.165) is 74.5 Å². The number of esters is 1. The summed E-state index contributed by atoms with van der Waals surface area (Å²) in [6, 6.07) is 9.61. The zero-order valence-electron chi connectivity index (χ0n) is 41.0. The Hall–Kier alpha value is -3.14. The number of nitrogens with zero attached hydrogens (tertiary/aromatic N) is 2. The van der Waals surface area contributed by atoms with E-state index in [4.69, 9.17) is 4.74 Å². The van der Waals surface area contributed by atoms with Gasteiger partial charge in [0.25, 0.3) is 5.92 Å². The van der Waals surface area contributed by atoms with Crippen LogP contribution in [0, 0.1) is 73.4 Å². The molecule has 8 nitrogen and oxygen atoms in total. The minimum Gasteiger partial charge on any atom is -0.481 e. The van der Waals surface area contributed by atoms with Crippen molar-refractivity contribution in [2.45, 2.75) is 171 Å². The van der Waals surface area contributed by atoms with E-state index in [1.807, 2.05) is 44.2 Å². The van der Waals surface area contributed by atoms with Crippen LogP contribution in [-0.2, 0) is 30.5 Å². The van der Waals surface area contributed by atoms with Crippen molar-refractivity contribution in [1.29, 1.82) is 0 Å². The average Bonchev–Trinajstić information content (AvgIpc) is 3.83. The monoisotopic (exact) mass is 901 g/mol. The second-order valence-corrected chi connectivity index (χ2v) is 25.0. The van der Waals surface area contributed by atoms with Crippen molar-refractivity contribution in [2.75, 3.05) is 26.2 Å². The van der Waals surface area contributed by atoms with E-state index >= 15 is 4.79 Å². The third kappa shape index (κ3) is 6.67. The lowest BCUT2D eigenvalue weighted by molar-refractivity contribution is -0.261. The summed E-state index contributed by atoms with van der Waals surface area (Å²) in [7, 11) is 0. The summed E-state index contributed by atoms with van der Waals surface area (Å²) in [5.41, 5.74) is -0.237. The Bertz CT molecular complexity index is 2120. The van der Waals surface area contributed by atoms with Crippen LogP contribution in [0.15, 0.2) is 41.5 Å². The molecule has 11 atom stereocenters. The third-order valence-electron chi connectivity index (χ3n) is 21.6. The standard InChI is InChI=1S/C55H78F2N2O6/c1-34(2)43-39(60)31-53(46(62)59-27-13-16-36(59)32-58-28-25-54(56,57)26-29-58)24-23-51(8)37(44(43)53)17-18-42-50(7)21-19-41(48(3,4)40(50)20-22-52(42,51)9)55(47(63)64)30-38(49(55,5)6)45(61)65-33-35-14-11-10-12-15-35/h10-12,14-15,34,36-38,40-42H,13,16-33H2,1-9H3,(H,63,64)/t36?,37-,38+,40-,41+,42-,50-,51-,52-,53-,55-/m1/s1. The van der Waals surface area contributed by atoms with Crippen LogP contribution in [0.5, 0.6) is 0 Å². The molecule has 10 heteroatoms. The first-order valence-corrected chi connectivity index (χ1v) is 25.5. The van der Waals surface area contributed by atoms with Gasteiger partial charge in [-0.05, 0) is 144 Å². The van der Waals surface area contributed by atoms with E-state index < -0.39 is 34.1 Å². The molecule has 2 heterocycles. The number of hydrogen-bond donors (Lipinski definition) is 1. The van der Waals surface area contributed by atoms with E-state index in [2.05, 4.69) is 58.3 Å². The Morgan fingerprint density at radius 2 is 1.48 bits per heavy atom. The Balaban J connectivity index is 0.976. The maximum absolute atomic E-state index is 15.4. The lowest BCUT2D eigenvalue weighted by Crippen LogP contribution is -2.71. The quantitative estimate of drug-likeness (QED) is 0.246. The number of piperidine rings is 1. The maximum Gasteiger partial charge on any atom is 0.310 e. The van der Waals surface area contributed by atoms with Crippen LogP contribution in [0.25, 0.3) is 0 Å². The number of halogens is 2. The van der Waals surface area contributed by atoms with Gasteiger partial charge in [0, 0.05) is 51.5 Å². The summed E-state index contributed by atoms with van der Waals surface area (Å²) in [5.74, 6) is -3.23. The minimum atomic E-state index is -2.61. The third-order valence-corrected chi connectivity index (χ3v) is 21.6. The van der Waals surface area contributed by atoms with E-state index in [1.54, 1.807) is 0 Å². The number of carbonyl (C=O) groups is 4. The first-order valence-electron chi connectivity index (χ1n) is 25.5. The number of aliphatic carboxylic acids is 1. The molecule has 0 aromatic heterocycles. The molecule has 0 spiro atoms. The number of fused-ring (bicyclic) bond motifs is 7. The molecule has 1 aromatic carbocycles. The van der Waals surface area contributed by atoms with Gasteiger partial charge in [-0.3, -0.25) is 19.2 Å². The summed E-state index contributed by atoms with van der Waals surface area (Å²) in [5, 5.41) is 11.3. The van der Waals surface area contributed by atoms with Gasteiger partial charge in [-0.15, -0.1) is 0 Å². The highest BCUT2D eigenvalue weighted by atomic mass is 19.3. The lowest BCUT2D eigenvalue weighted by atomic mass is 9.29. The van der Waals surface area contributed by atoms with Crippen molar-refractivity contribution < 1.29 is 37.8 Å². The number of carboxylic acid groups (broad SMARTS) is 1. The number of rotatable bonds is 9. The number of likely N-dealkylation sites (tertiary alicyclic amines) is 2. The van der Waals surface area contributed by atoms with Crippen molar-refractivity contribution in [3.63, 3.8) is 0 Å². The van der Waals surface area contributed by atoms with E-state index in [9.17, 15) is 28.3 Å².